The Labute approximate surface area is 205 Å². The van der Waals surface area contributed by atoms with E-state index in [1.165, 1.54) is 52.1 Å². The third-order valence-corrected chi connectivity index (χ3v) is 5.74. The van der Waals surface area contributed by atoms with Crippen LogP contribution in [-0.4, -0.2) is 39.5 Å². The highest BCUT2D eigenvalue weighted by molar-refractivity contribution is 5.92. The van der Waals surface area contributed by atoms with Gasteiger partial charge >= 0.3 is 5.97 Å². The fourth-order valence-corrected chi connectivity index (χ4v) is 3.79. The van der Waals surface area contributed by atoms with E-state index < -0.39 is 0 Å². The molecule has 0 aliphatic carbocycles. The fourth-order valence-electron chi connectivity index (χ4n) is 3.79. The fraction of sp³-hybridized carbons (Fsp3) is 0.552. The van der Waals surface area contributed by atoms with Gasteiger partial charge in [0, 0.05) is 0 Å². The first-order valence-corrected chi connectivity index (χ1v) is 12.8. The average molecular weight is 471 g/mol. The van der Waals surface area contributed by atoms with Crippen molar-refractivity contribution in [2.75, 3.05) is 33.5 Å². The Kier molecular flexibility index (Phi) is 14.8. The van der Waals surface area contributed by atoms with Crippen molar-refractivity contribution in [3.05, 3.63) is 65.2 Å². The van der Waals surface area contributed by atoms with Gasteiger partial charge in [-0.05, 0) is 36.1 Å². The maximum atomic E-state index is 12.3. The van der Waals surface area contributed by atoms with Gasteiger partial charge in [0.2, 0.25) is 0 Å². The van der Waals surface area contributed by atoms with Crippen molar-refractivity contribution in [2.24, 2.45) is 0 Å². The quantitative estimate of drug-likeness (QED) is 0.167. The van der Waals surface area contributed by atoms with Crippen LogP contribution >= 0.6 is 0 Å². The summed E-state index contributed by atoms with van der Waals surface area (Å²) in [5.74, 6) is 0.165. The summed E-state index contributed by atoms with van der Waals surface area (Å²) in [6.45, 7) is 4.63. The SMILES string of the molecule is CCCCCCCCCCc1ccc(OCCOCCOCc2ccccc2)c(C(=O)OC)c1. The van der Waals surface area contributed by atoms with E-state index in [2.05, 4.69) is 6.92 Å². The van der Waals surface area contributed by atoms with Crippen molar-refractivity contribution in [3.63, 3.8) is 0 Å². The van der Waals surface area contributed by atoms with Crippen LogP contribution in [0.25, 0.3) is 0 Å². The first-order chi connectivity index (χ1) is 16.7. The van der Waals surface area contributed by atoms with Crippen LogP contribution in [0.4, 0.5) is 0 Å². The van der Waals surface area contributed by atoms with Gasteiger partial charge < -0.3 is 18.9 Å². The summed E-state index contributed by atoms with van der Waals surface area (Å²) in [4.78, 5) is 12.3. The van der Waals surface area contributed by atoms with E-state index in [-0.39, 0.29) is 5.97 Å². The molecule has 2 rings (SSSR count). The van der Waals surface area contributed by atoms with Crippen LogP contribution in [0.2, 0.25) is 0 Å². The minimum absolute atomic E-state index is 0.361. The Hall–Kier alpha value is -2.37. The van der Waals surface area contributed by atoms with E-state index in [1.807, 2.05) is 48.5 Å². The molecule has 0 atom stereocenters. The maximum absolute atomic E-state index is 12.3. The molecule has 0 spiro atoms. The zero-order valence-electron chi connectivity index (χ0n) is 21.1. The second-order valence-electron chi connectivity index (χ2n) is 8.55. The Morgan fingerprint density at radius 2 is 1.41 bits per heavy atom. The summed E-state index contributed by atoms with van der Waals surface area (Å²) in [5, 5.41) is 0. The van der Waals surface area contributed by atoms with Gasteiger partial charge in [0.1, 0.15) is 17.9 Å². The minimum Gasteiger partial charge on any atom is -0.490 e. The van der Waals surface area contributed by atoms with Crippen molar-refractivity contribution in [1.29, 1.82) is 0 Å². The Bertz CT molecular complexity index is 790. The second-order valence-corrected chi connectivity index (χ2v) is 8.55. The smallest absolute Gasteiger partial charge is 0.341 e. The van der Waals surface area contributed by atoms with Gasteiger partial charge in [-0.1, -0.05) is 88.3 Å². The zero-order valence-corrected chi connectivity index (χ0v) is 21.1. The highest BCUT2D eigenvalue weighted by Crippen LogP contribution is 2.23. The summed E-state index contributed by atoms with van der Waals surface area (Å²) < 4.78 is 22.0. The third-order valence-electron chi connectivity index (χ3n) is 5.74. The molecule has 0 saturated carbocycles. The summed E-state index contributed by atoms with van der Waals surface area (Å²) in [7, 11) is 1.40. The van der Waals surface area contributed by atoms with E-state index in [1.54, 1.807) is 0 Å². The molecule has 0 aliphatic rings. The van der Waals surface area contributed by atoms with Gasteiger partial charge in [-0.3, -0.25) is 0 Å². The van der Waals surface area contributed by atoms with E-state index in [0.717, 1.165) is 24.0 Å². The highest BCUT2D eigenvalue weighted by atomic mass is 16.5. The number of hydrogen-bond acceptors (Lipinski definition) is 5. The number of unbranched alkanes of at least 4 members (excludes halogenated alkanes) is 7. The van der Waals surface area contributed by atoms with Crippen molar-refractivity contribution < 1.29 is 23.7 Å². The first-order valence-electron chi connectivity index (χ1n) is 12.8. The number of esters is 1. The number of methoxy groups -OCH3 is 1. The molecule has 0 radical (unpaired) electrons. The number of carbonyl (C=O) groups is 1. The third kappa shape index (κ3) is 11.7. The lowest BCUT2D eigenvalue weighted by Crippen LogP contribution is -2.13. The number of benzene rings is 2. The standard InChI is InChI=1S/C29H42O5/c1-3-4-5-6-7-8-9-11-14-25-17-18-28(27(23-25)29(30)31-2)34-22-21-32-19-20-33-24-26-15-12-10-13-16-26/h10,12-13,15-18,23H,3-9,11,14,19-22,24H2,1-2H3. The molecule has 0 fully saturated rings. The number of rotatable bonds is 19. The van der Waals surface area contributed by atoms with E-state index in [0.29, 0.717) is 44.3 Å². The summed E-state index contributed by atoms with van der Waals surface area (Å²) in [6.07, 6.45) is 11.3. The maximum Gasteiger partial charge on any atom is 0.341 e. The molecule has 5 nitrogen and oxygen atoms in total. The number of hydrogen-bond donors (Lipinski definition) is 0. The molecule has 0 saturated heterocycles. The summed E-state index contributed by atoms with van der Waals surface area (Å²) in [6, 6.07) is 15.9. The van der Waals surface area contributed by atoms with Crippen LogP contribution in [0.15, 0.2) is 48.5 Å². The predicted octanol–water partition coefficient (Wildman–Crippen LogP) is 6.77. The molecule has 0 aromatic heterocycles. The molecular weight excluding hydrogens is 428 g/mol. The van der Waals surface area contributed by atoms with Crippen molar-refractivity contribution >= 4 is 5.97 Å². The van der Waals surface area contributed by atoms with Crippen LogP contribution in [0.5, 0.6) is 5.75 Å². The number of carbonyl (C=O) groups excluding carboxylic acids is 1. The second kappa shape index (κ2) is 18.0. The van der Waals surface area contributed by atoms with Crippen molar-refractivity contribution in [1.82, 2.24) is 0 Å². The molecule has 0 unspecified atom stereocenters. The monoisotopic (exact) mass is 470 g/mol. The largest absolute Gasteiger partial charge is 0.490 e. The molecule has 2 aromatic rings. The lowest BCUT2D eigenvalue weighted by Gasteiger charge is -2.12. The molecular formula is C29H42O5. The molecule has 5 heteroatoms. The zero-order chi connectivity index (χ0) is 24.3. The molecule has 0 aliphatic heterocycles. The Morgan fingerprint density at radius 1 is 0.735 bits per heavy atom. The van der Waals surface area contributed by atoms with Crippen LogP contribution in [-0.2, 0) is 27.2 Å². The van der Waals surface area contributed by atoms with Crippen molar-refractivity contribution in [3.8, 4) is 5.75 Å². The predicted molar refractivity (Wildman–Crippen MR) is 137 cm³/mol. The van der Waals surface area contributed by atoms with E-state index in [9.17, 15) is 4.79 Å². The molecule has 0 N–H and O–H groups in total. The van der Waals surface area contributed by atoms with Crippen LogP contribution in [0.1, 0.15) is 79.8 Å². The van der Waals surface area contributed by atoms with Crippen LogP contribution < -0.4 is 4.74 Å². The summed E-state index contributed by atoms with van der Waals surface area (Å²) >= 11 is 0. The van der Waals surface area contributed by atoms with Gasteiger partial charge in [0.25, 0.3) is 0 Å². The van der Waals surface area contributed by atoms with Crippen LogP contribution in [0, 0.1) is 0 Å². The highest BCUT2D eigenvalue weighted by Gasteiger charge is 2.14. The average Bonchev–Trinajstić information content (AvgIpc) is 2.87. The lowest BCUT2D eigenvalue weighted by atomic mass is 10.0. The van der Waals surface area contributed by atoms with Gasteiger partial charge in [-0.15, -0.1) is 0 Å². The normalized spacial score (nSPS) is 10.9. The topological polar surface area (TPSA) is 54.0 Å². The molecule has 2 aromatic carbocycles. The Morgan fingerprint density at radius 3 is 2.15 bits per heavy atom. The lowest BCUT2D eigenvalue weighted by molar-refractivity contribution is 0.0300. The van der Waals surface area contributed by atoms with Gasteiger partial charge in [0.05, 0.1) is 33.5 Å². The number of ether oxygens (including phenoxy) is 4. The molecule has 188 valence electrons. The van der Waals surface area contributed by atoms with Gasteiger partial charge in [-0.2, -0.15) is 0 Å². The minimum atomic E-state index is -0.372. The molecule has 34 heavy (non-hydrogen) atoms. The van der Waals surface area contributed by atoms with Gasteiger partial charge in [-0.25, -0.2) is 4.79 Å². The summed E-state index contributed by atoms with van der Waals surface area (Å²) in [5.41, 5.74) is 2.77. The van der Waals surface area contributed by atoms with Crippen molar-refractivity contribution in [2.45, 2.75) is 71.3 Å². The molecule has 0 amide bonds. The number of aryl methyl sites for hydroxylation is 1. The molecule has 0 bridgehead atoms. The van der Waals surface area contributed by atoms with Gasteiger partial charge in [0.15, 0.2) is 0 Å². The van der Waals surface area contributed by atoms with E-state index >= 15 is 0 Å². The van der Waals surface area contributed by atoms with E-state index in [4.69, 9.17) is 18.9 Å². The Balaban J connectivity index is 1.65. The molecule has 0 heterocycles. The first kappa shape index (κ1) is 27.9. The van der Waals surface area contributed by atoms with Crippen LogP contribution in [0.3, 0.4) is 0 Å².